The van der Waals surface area contributed by atoms with Crippen molar-refractivity contribution in [1.82, 2.24) is 5.32 Å². The van der Waals surface area contributed by atoms with Gasteiger partial charge in [0.1, 0.15) is 73.2 Å². The van der Waals surface area contributed by atoms with Crippen molar-refractivity contribution < 1.29 is 89.4 Å². The average molecular weight is 1300 g/mol. The summed E-state index contributed by atoms with van der Waals surface area (Å²) in [6, 6.07) is -0.884. The molecule has 0 aromatic heterocycles. The van der Waals surface area contributed by atoms with Crippen LogP contribution >= 0.6 is 0 Å². The highest BCUT2D eigenvalue weighted by Crippen LogP contribution is 2.33. The summed E-state index contributed by atoms with van der Waals surface area (Å²) in [5, 5.41) is 120. The Morgan fingerprint density at radius 2 is 0.758 bits per heavy atom. The SMILES string of the molecule is CC/C=C\C/C=C\C/C=C\C/C=C\CCCCCCCCCCCCCCCCCCCCCCCCC(=O)NC(COC1OC(CO)C(OC2OC(CO)C(OC3OC(CO)C(O)C(O)C3O)C(O)C2O)C(O)C1O)C(O)CCCCCCCCCCCCC. The largest absolute Gasteiger partial charge is 0.394 e. The number of carbonyl (C=O) groups excluding carboxylic acids is 1. The number of hydrogen-bond acceptors (Lipinski definition) is 18. The molecule has 19 nitrogen and oxygen atoms in total. The van der Waals surface area contributed by atoms with E-state index in [0.717, 1.165) is 70.6 Å². The topological polar surface area (TPSA) is 307 Å². The maximum absolute atomic E-state index is 13.4. The molecule has 17 atom stereocenters. The lowest BCUT2D eigenvalue weighted by atomic mass is 9.96. The molecule has 3 heterocycles. The molecule has 0 aromatic rings. The van der Waals surface area contributed by atoms with Gasteiger partial charge in [0.25, 0.3) is 0 Å². The van der Waals surface area contributed by atoms with Crippen LogP contribution in [0, 0.1) is 0 Å². The van der Waals surface area contributed by atoms with Crippen molar-refractivity contribution in [3.05, 3.63) is 48.6 Å². The molecule has 0 saturated carbocycles. The molecule has 1 amide bonds. The molecule has 3 rings (SSSR count). The van der Waals surface area contributed by atoms with Crippen LogP contribution in [-0.4, -0.2) is 193 Å². The van der Waals surface area contributed by atoms with E-state index in [-0.39, 0.29) is 18.9 Å². The summed E-state index contributed by atoms with van der Waals surface area (Å²) in [5.74, 6) is -0.241. The number of aliphatic hydroxyl groups excluding tert-OH is 11. The molecule has 3 aliphatic rings. The van der Waals surface area contributed by atoms with E-state index in [4.69, 9.17) is 28.4 Å². The molecule has 91 heavy (non-hydrogen) atoms. The van der Waals surface area contributed by atoms with Gasteiger partial charge in [0, 0.05) is 6.42 Å². The van der Waals surface area contributed by atoms with Crippen LogP contribution in [0.1, 0.15) is 271 Å². The Bertz CT molecular complexity index is 1840. The van der Waals surface area contributed by atoms with Gasteiger partial charge in [0.15, 0.2) is 18.9 Å². The fourth-order valence-electron chi connectivity index (χ4n) is 12.3. The van der Waals surface area contributed by atoms with Crippen LogP contribution in [0.4, 0.5) is 0 Å². The lowest BCUT2D eigenvalue weighted by molar-refractivity contribution is -0.379. The van der Waals surface area contributed by atoms with Crippen molar-refractivity contribution in [2.45, 2.75) is 375 Å². The third kappa shape index (κ3) is 35.5. The van der Waals surface area contributed by atoms with Gasteiger partial charge in [-0.15, -0.1) is 0 Å². The standard InChI is InChI=1S/C72H131NO18/c1-3-5-7-9-11-13-15-16-17-18-19-20-21-22-23-24-25-26-27-28-29-30-31-32-33-34-35-36-37-38-40-42-44-46-48-50-60(78)73-55(56(77)49-47-45-43-41-39-14-12-10-8-6-4-2)54-86-70-66(84)63(81)68(58(52-75)88-70)91-72-67(85)64(82)69(59(53-76)89-72)90-71-65(83)62(80)61(79)57(51-74)87-71/h5,7,11,13,16-17,19-20,55-59,61-72,74-77,79-85H,3-4,6,8-10,12,14-15,18,21-54H2,1-2H3,(H,73,78)/b7-5-,13-11-,17-16-,20-19-. The Morgan fingerprint density at radius 1 is 0.407 bits per heavy atom. The van der Waals surface area contributed by atoms with Gasteiger partial charge in [0.2, 0.25) is 5.91 Å². The average Bonchev–Trinajstić information content (AvgIpc) is 1.05. The Labute approximate surface area is 548 Å². The predicted octanol–water partition coefficient (Wildman–Crippen LogP) is 10.2. The Hall–Kier alpha value is -2.25. The number of amides is 1. The van der Waals surface area contributed by atoms with Gasteiger partial charge in [-0.2, -0.15) is 0 Å². The minimum Gasteiger partial charge on any atom is -0.394 e. The lowest BCUT2D eigenvalue weighted by Gasteiger charge is -2.48. The van der Waals surface area contributed by atoms with Gasteiger partial charge in [-0.3, -0.25) is 4.79 Å². The number of aliphatic hydroxyl groups is 11. The molecular weight excluding hydrogens is 1170 g/mol. The van der Waals surface area contributed by atoms with Gasteiger partial charge in [-0.1, -0.05) is 262 Å². The molecule has 0 bridgehead atoms. The quantitative estimate of drug-likeness (QED) is 0.0199. The van der Waals surface area contributed by atoms with Gasteiger partial charge in [-0.25, -0.2) is 0 Å². The summed E-state index contributed by atoms with van der Waals surface area (Å²) in [6.07, 6.45) is 38.0. The van der Waals surface area contributed by atoms with E-state index in [1.165, 1.54) is 167 Å². The van der Waals surface area contributed by atoms with Crippen LogP contribution in [0.3, 0.4) is 0 Å². The van der Waals surface area contributed by atoms with Crippen molar-refractivity contribution >= 4 is 5.91 Å². The molecule has 17 unspecified atom stereocenters. The zero-order chi connectivity index (χ0) is 66.1. The molecule has 3 fully saturated rings. The monoisotopic (exact) mass is 1300 g/mol. The highest BCUT2D eigenvalue weighted by Gasteiger charge is 2.53. The Morgan fingerprint density at radius 3 is 1.19 bits per heavy atom. The normalized spacial score (nSPS) is 28.1. The maximum atomic E-state index is 13.4. The zero-order valence-corrected chi connectivity index (χ0v) is 56.3. The second-order valence-corrected chi connectivity index (χ2v) is 26.0. The first-order chi connectivity index (χ1) is 44.3. The van der Waals surface area contributed by atoms with Crippen molar-refractivity contribution in [2.24, 2.45) is 0 Å². The highest BCUT2D eigenvalue weighted by molar-refractivity contribution is 5.76. The van der Waals surface area contributed by atoms with E-state index in [0.29, 0.717) is 12.8 Å². The van der Waals surface area contributed by atoms with Crippen LogP contribution in [0.5, 0.6) is 0 Å². The molecule has 0 aliphatic carbocycles. The van der Waals surface area contributed by atoms with Gasteiger partial charge in [-0.05, 0) is 51.4 Å². The van der Waals surface area contributed by atoms with Crippen LogP contribution < -0.4 is 5.32 Å². The number of carbonyl (C=O) groups is 1. The van der Waals surface area contributed by atoms with Crippen molar-refractivity contribution in [3.63, 3.8) is 0 Å². The van der Waals surface area contributed by atoms with Crippen molar-refractivity contribution in [2.75, 3.05) is 26.4 Å². The molecule has 19 heteroatoms. The first-order valence-corrected chi connectivity index (χ1v) is 36.4. The minimum absolute atomic E-state index is 0.241. The third-order valence-electron chi connectivity index (χ3n) is 18.2. The number of allylic oxidation sites excluding steroid dienone is 8. The molecule has 0 spiro atoms. The van der Waals surface area contributed by atoms with Gasteiger partial charge in [0.05, 0.1) is 38.6 Å². The molecule has 0 radical (unpaired) electrons. The number of ether oxygens (including phenoxy) is 6. The summed E-state index contributed by atoms with van der Waals surface area (Å²) < 4.78 is 34.4. The number of unbranched alkanes of at least 4 members (excludes halogenated alkanes) is 32. The van der Waals surface area contributed by atoms with E-state index < -0.39 is 124 Å². The second-order valence-electron chi connectivity index (χ2n) is 26.0. The molecular formula is C72H131NO18. The first-order valence-electron chi connectivity index (χ1n) is 36.4. The zero-order valence-electron chi connectivity index (χ0n) is 56.3. The van der Waals surface area contributed by atoms with E-state index in [9.17, 15) is 61.0 Å². The summed E-state index contributed by atoms with van der Waals surface area (Å²) in [4.78, 5) is 13.4. The van der Waals surface area contributed by atoms with Gasteiger partial charge >= 0.3 is 0 Å². The Kier molecular flexibility index (Phi) is 49.1. The van der Waals surface area contributed by atoms with Crippen LogP contribution in [0.25, 0.3) is 0 Å². The van der Waals surface area contributed by atoms with Crippen LogP contribution in [-0.2, 0) is 33.2 Å². The summed E-state index contributed by atoms with van der Waals surface area (Å²) in [6.45, 7) is 1.68. The number of rotatable bonds is 56. The summed E-state index contributed by atoms with van der Waals surface area (Å²) >= 11 is 0. The summed E-state index contributed by atoms with van der Waals surface area (Å²) in [7, 11) is 0. The number of hydrogen-bond donors (Lipinski definition) is 12. The molecule has 12 N–H and O–H groups in total. The molecule has 532 valence electrons. The van der Waals surface area contributed by atoms with E-state index in [1.54, 1.807) is 0 Å². The van der Waals surface area contributed by atoms with Crippen LogP contribution in [0.2, 0.25) is 0 Å². The number of nitrogens with one attached hydrogen (secondary N) is 1. The smallest absolute Gasteiger partial charge is 0.220 e. The molecule has 3 saturated heterocycles. The Balaban J connectivity index is 1.30. The van der Waals surface area contributed by atoms with Crippen molar-refractivity contribution in [1.29, 1.82) is 0 Å². The fourth-order valence-corrected chi connectivity index (χ4v) is 12.3. The minimum atomic E-state index is -1.97. The third-order valence-corrected chi connectivity index (χ3v) is 18.2. The first kappa shape index (κ1) is 83.0. The van der Waals surface area contributed by atoms with E-state index >= 15 is 0 Å². The fraction of sp³-hybridized carbons (Fsp3) is 0.875. The predicted molar refractivity (Wildman–Crippen MR) is 356 cm³/mol. The maximum Gasteiger partial charge on any atom is 0.220 e. The van der Waals surface area contributed by atoms with E-state index in [2.05, 4.69) is 67.8 Å². The van der Waals surface area contributed by atoms with E-state index in [1.807, 2.05) is 0 Å². The second kappa shape index (κ2) is 53.8. The highest BCUT2D eigenvalue weighted by atomic mass is 16.8. The summed E-state index contributed by atoms with van der Waals surface area (Å²) in [5.41, 5.74) is 0. The molecule has 3 aliphatic heterocycles. The molecule has 0 aromatic carbocycles. The van der Waals surface area contributed by atoms with Crippen LogP contribution in [0.15, 0.2) is 48.6 Å². The lowest BCUT2D eigenvalue weighted by Crippen LogP contribution is -2.66. The van der Waals surface area contributed by atoms with Crippen molar-refractivity contribution in [3.8, 4) is 0 Å². The van der Waals surface area contributed by atoms with Gasteiger partial charge < -0.3 is 89.9 Å².